The van der Waals surface area contributed by atoms with Gasteiger partial charge in [0.15, 0.2) is 0 Å². The number of nitrogens with zero attached hydrogens (tertiary/aromatic N) is 3. The summed E-state index contributed by atoms with van der Waals surface area (Å²) in [6.45, 7) is 6.61. The third kappa shape index (κ3) is 4.48. The quantitative estimate of drug-likeness (QED) is 0.242. The molecule has 6 aromatic rings. The molecule has 0 amide bonds. The molecule has 36 heavy (non-hydrogen) atoms. The van der Waals surface area contributed by atoms with Crippen molar-refractivity contribution in [1.82, 2.24) is 14.8 Å². The van der Waals surface area contributed by atoms with Gasteiger partial charge in [-0.2, -0.15) is 5.10 Å². The fourth-order valence-electron chi connectivity index (χ4n) is 4.14. The summed E-state index contributed by atoms with van der Waals surface area (Å²) in [7, 11) is 0. The van der Waals surface area contributed by atoms with Crippen LogP contribution >= 0.6 is 11.8 Å². The molecule has 3 aromatic carbocycles. The number of ether oxygens (including phenoxy) is 1. The number of fused-ring (bicyclic) bond motifs is 3. The van der Waals surface area contributed by atoms with E-state index in [9.17, 15) is 0 Å². The Labute approximate surface area is 213 Å². The maximum absolute atomic E-state index is 6.18. The number of aromatic nitrogens is 3. The molecule has 0 N–H and O–H groups in total. The van der Waals surface area contributed by atoms with Crippen LogP contribution in [0.5, 0.6) is 11.5 Å². The first-order valence-electron chi connectivity index (χ1n) is 11.8. The molecule has 0 fully saturated rings. The van der Waals surface area contributed by atoms with Gasteiger partial charge in [-0.15, -0.1) is 0 Å². The zero-order chi connectivity index (χ0) is 24.7. The lowest BCUT2D eigenvalue weighted by molar-refractivity contribution is 0.481. The van der Waals surface area contributed by atoms with E-state index in [0.717, 1.165) is 49.2 Å². The van der Waals surface area contributed by atoms with Crippen LogP contribution in [0.3, 0.4) is 0 Å². The monoisotopic (exact) mass is 491 g/mol. The van der Waals surface area contributed by atoms with Crippen LogP contribution in [0.4, 0.5) is 0 Å². The third-order valence-corrected chi connectivity index (χ3v) is 6.90. The summed E-state index contributed by atoms with van der Waals surface area (Å²) in [5.74, 6) is 1.45. The lowest BCUT2D eigenvalue weighted by atomic mass is 9.88. The first-order chi connectivity index (χ1) is 17.4. The van der Waals surface area contributed by atoms with E-state index >= 15 is 0 Å². The minimum atomic E-state index is 0.0764. The van der Waals surface area contributed by atoms with Crippen molar-refractivity contribution in [2.75, 3.05) is 0 Å². The van der Waals surface area contributed by atoms with Crippen molar-refractivity contribution in [2.24, 2.45) is 0 Å². The molecule has 0 unspecified atom stereocenters. The van der Waals surface area contributed by atoms with Crippen LogP contribution in [0.25, 0.3) is 27.6 Å². The van der Waals surface area contributed by atoms with Gasteiger partial charge in [-0.05, 0) is 71.3 Å². The van der Waals surface area contributed by atoms with E-state index in [2.05, 4.69) is 44.0 Å². The van der Waals surface area contributed by atoms with Crippen LogP contribution in [0.1, 0.15) is 26.3 Å². The van der Waals surface area contributed by atoms with Gasteiger partial charge in [0.1, 0.15) is 32.7 Å². The fourth-order valence-corrected chi connectivity index (χ4v) is 4.91. The molecule has 3 heterocycles. The lowest BCUT2D eigenvalue weighted by Crippen LogP contribution is -2.11. The van der Waals surface area contributed by atoms with Gasteiger partial charge in [-0.25, -0.2) is 9.67 Å². The summed E-state index contributed by atoms with van der Waals surface area (Å²) in [6, 6.07) is 28.1. The van der Waals surface area contributed by atoms with E-state index in [4.69, 9.17) is 14.3 Å². The Hall–Kier alpha value is -4.03. The number of pyridine rings is 1. The molecule has 0 atom stereocenters. The third-order valence-electron chi connectivity index (χ3n) is 6.04. The Bertz CT molecular complexity index is 1690. The molecule has 0 saturated heterocycles. The van der Waals surface area contributed by atoms with Crippen molar-refractivity contribution >= 4 is 33.7 Å². The Kier molecular flexibility index (Phi) is 5.53. The van der Waals surface area contributed by atoms with Crippen molar-refractivity contribution in [1.29, 1.82) is 0 Å². The van der Waals surface area contributed by atoms with Crippen LogP contribution in [0.15, 0.2) is 112 Å². The highest BCUT2D eigenvalue weighted by Gasteiger charge is 2.15. The van der Waals surface area contributed by atoms with E-state index in [0.29, 0.717) is 0 Å². The summed E-state index contributed by atoms with van der Waals surface area (Å²) in [5, 5.41) is 8.76. The summed E-state index contributed by atoms with van der Waals surface area (Å²) in [6.07, 6.45) is 3.82. The molecule has 0 bridgehead atoms. The number of para-hydroxylation sites is 1. The van der Waals surface area contributed by atoms with Gasteiger partial charge >= 0.3 is 0 Å². The van der Waals surface area contributed by atoms with E-state index in [-0.39, 0.29) is 5.41 Å². The molecule has 178 valence electrons. The van der Waals surface area contributed by atoms with E-state index in [1.165, 1.54) is 5.56 Å². The highest BCUT2D eigenvalue weighted by molar-refractivity contribution is 7.99. The van der Waals surface area contributed by atoms with Gasteiger partial charge in [-0.3, -0.25) is 0 Å². The lowest BCUT2D eigenvalue weighted by Gasteiger charge is -2.18. The van der Waals surface area contributed by atoms with Gasteiger partial charge in [0.2, 0.25) is 0 Å². The first kappa shape index (κ1) is 22.4. The summed E-state index contributed by atoms with van der Waals surface area (Å²) in [5.41, 5.74) is 3.93. The minimum Gasteiger partial charge on any atom is -0.457 e. The maximum atomic E-state index is 6.18. The Morgan fingerprint density at radius 2 is 1.61 bits per heavy atom. The SMILES string of the molecule is CC(C)(C)c1ccnc(Sc2ccn(-c3cccc(Oc4ccc5c(c4)oc4ccccc45)c3)n2)c1. The van der Waals surface area contributed by atoms with Crippen LogP contribution < -0.4 is 4.74 Å². The second kappa shape index (κ2) is 8.88. The predicted molar refractivity (Wildman–Crippen MR) is 144 cm³/mol. The molecule has 0 saturated carbocycles. The Balaban J connectivity index is 1.22. The predicted octanol–water partition coefficient (Wildman–Crippen LogP) is 8.41. The van der Waals surface area contributed by atoms with E-state index in [1.54, 1.807) is 11.8 Å². The second-order valence-corrected chi connectivity index (χ2v) is 10.7. The highest BCUT2D eigenvalue weighted by Crippen LogP contribution is 2.33. The smallest absolute Gasteiger partial charge is 0.139 e. The van der Waals surface area contributed by atoms with Crippen LogP contribution in [-0.2, 0) is 5.41 Å². The van der Waals surface area contributed by atoms with Crippen molar-refractivity contribution in [3.8, 4) is 17.2 Å². The molecule has 3 aromatic heterocycles. The molecular formula is C30H25N3O2S. The van der Waals surface area contributed by atoms with Crippen molar-refractivity contribution in [2.45, 2.75) is 36.2 Å². The molecule has 0 spiro atoms. The number of hydrogen-bond acceptors (Lipinski definition) is 5. The fraction of sp³-hybridized carbons (Fsp3) is 0.133. The van der Waals surface area contributed by atoms with Crippen molar-refractivity contribution in [3.05, 3.63) is 103 Å². The number of rotatable bonds is 5. The largest absolute Gasteiger partial charge is 0.457 e. The summed E-state index contributed by atoms with van der Waals surface area (Å²) < 4.78 is 14.0. The molecule has 0 aliphatic heterocycles. The number of hydrogen-bond donors (Lipinski definition) is 0. The molecule has 6 heteroatoms. The van der Waals surface area contributed by atoms with Gasteiger partial charge < -0.3 is 9.15 Å². The van der Waals surface area contributed by atoms with Crippen LogP contribution in [-0.4, -0.2) is 14.8 Å². The maximum Gasteiger partial charge on any atom is 0.139 e. The number of benzene rings is 3. The van der Waals surface area contributed by atoms with Gasteiger partial charge in [0, 0.05) is 35.3 Å². The average molecular weight is 492 g/mol. The van der Waals surface area contributed by atoms with E-state index in [1.807, 2.05) is 83.8 Å². The van der Waals surface area contributed by atoms with Gasteiger partial charge in [0.05, 0.1) is 5.69 Å². The molecule has 6 rings (SSSR count). The zero-order valence-electron chi connectivity index (χ0n) is 20.3. The molecule has 0 aliphatic carbocycles. The topological polar surface area (TPSA) is 53.1 Å². The summed E-state index contributed by atoms with van der Waals surface area (Å²) in [4.78, 5) is 4.51. The zero-order valence-corrected chi connectivity index (χ0v) is 21.1. The molecule has 5 nitrogen and oxygen atoms in total. The molecule has 0 radical (unpaired) electrons. The normalized spacial score (nSPS) is 11.9. The van der Waals surface area contributed by atoms with Crippen LogP contribution in [0, 0.1) is 0 Å². The van der Waals surface area contributed by atoms with Gasteiger partial charge in [0.25, 0.3) is 0 Å². The average Bonchev–Trinajstić information content (AvgIpc) is 3.48. The van der Waals surface area contributed by atoms with Gasteiger partial charge in [-0.1, -0.05) is 45.0 Å². The summed E-state index contributed by atoms with van der Waals surface area (Å²) >= 11 is 1.56. The highest BCUT2D eigenvalue weighted by atomic mass is 32.2. The van der Waals surface area contributed by atoms with Crippen molar-refractivity contribution in [3.63, 3.8) is 0 Å². The molecule has 0 aliphatic rings. The standard InChI is InChI=1S/C30H25N3O2S/c1-30(2,3)20-13-15-31-29(17-20)36-28-14-16-33(32-28)21-7-6-8-22(18-21)34-23-11-12-25-24-9-4-5-10-26(24)35-27(25)19-23/h4-19H,1-3H3. The molecular weight excluding hydrogens is 466 g/mol. The van der Waals surface area contributed by atoms with E-state index < -0.39 is 0 Å². The minimum absolute atomic E-state index is 0.0764. The first-order valence-corrected chi connectivity index (χ1v) is 12.6. The number of furan rings is 1. The second-order valence-electron chi connectivity index (χ2n) is 9.69. The Morgan fingerprint density at radius 1 is 0.778 bits per heavy atom. The Morgan fingerprint density at radius 3 is 2.50 bits per heavy atom. The van der Waals surface area contributed by atoms with Crippen molar-refractivity contribution < 1.29 is 9.15 Å². The van der Waals surface area contributed by atoms with Crippen LogP contribution in [0.2, 0.25) is 0 Å².